The average molecular weight is 304 g/mol. The Labute approximate surface area is 134 Å². The van der Waals surface area contributed by atoms with Gasteiger partial charge < -0.3 is 4.90 Å². The summed E-state index contributed by atoms with van der Waals surface area (Å²) in [5.41, 5.74) is 2.64. The molecule has 0 atom stereocenters. The fourth-order valence-corrected chi connectivity index (χ4v) is 2.75. The largest absolute Gasteiger partial charge is 0.334 e. The highest BCUT2D eigenvalue weighted by molar-refractivity contribution is 5.94. The van der Waals surface area contributed by atoms with Crippen LogP contribution in [0.15, 0.2) is 66.9 Å². The van der Waals surface area contributed by atoms with Gasteiger partial charge in [0, 0.05) is 24.2 Å². The summed E-state index contributed by atoms with van der Waals surface area (Å²) < 4.78 is 1.86. The van der Waals surface area contributed by atoms with Crippen molar-refractivity contribution in [3.63, 3.8) is 0 Å². The third kappa shape index (κ3) is 2.61. The van der Waals surface area contributed by atoms with Gasteiger partial charge in [0.25, 0.3) is 5.91 Å². The number of rotatable bonds is 3. The summed E-state index contributed by atoms with van der Waals surface area (Å²) in [6.45, 7) is 1.34. The molecule has 0 aliphatic carbocycles. The Bertz CT molecular complexity index is 807. The average Bonchev–Trinajstić information content (AvgIpc) is 3.05. The molecule has 0 saturated carbocycles. The minimum absolute atomic E-state index is 0.0743. The van der Waals surface area contributed by atoms with Gasteiger partial charge in [-0.1, -0.05) is 53.7 Å². The van der Waals surface area contributed by atoms with Crippen molar-refractivity contribution < 1.29 is 4.79 Å². The number of amides is 1. The second-order valence-electron chi connectivity index (χ2n) is 5.68. The van der Waals surface area contributed by atoms with E-state index in [1.807, 2.05) is 76.4 Å². The van der Waals surface area contributed by atoms with E-state index in [0.717, 1.165) is 16.8 Å². The molecule has 3 aromatic rings. The van der Waals surface area contributed by atoms with E-state index in [2.05, 4.69) is 10.3 Å². The standard InChI is InChI=1S/C18H16N4O/c23-18(15-9-5-2-6-10-15)21-11-16(12-21)22-13-17(19-20-22)14-7-3-1-4-8-14/h1-10,13,16H,11-12H2. The van der Waals surface area contributed by atoms with Gasteiger partial charge in [0.2, 0.25) is 0 Å². The Morgan fingerprint density at radius 3 is 2.30 bits per heavy atom. The van der Waals surface area contributed by atoms with Crippen LogP contribution in [0, 0.1) is 0 Å². The molecule has 23 heavy (non-hydrogen) atoms. The molecule has 0 unspecified atom stereocenters. The van der Waals surface area contributed by atoms with Gasteiger partial charge >= 0.3 is 0 Å². The van der Waals surface area contributed by atoms with E-state index < -0.39 is 0 Å². The summed E-state index contributed by atoms with van der Waals surface area (Å²) in [6, 6.07) is 19.5. The minimum atomic E-state index is 0.0743. The fraction of sp³-hybridized carbons (Fsp3) is 0.167. The molecule has 0 bridgehead atoms. The molecule has 0 spiro atoms. The predicted octanol–water partition coefficient (Wildman–Crippen LogP) is 2.64. The van der Waals surface area contributed by atoms with Crippen molar-refractivity contribution in [2.45, 2.75) is 6.04 Å². The second-order valence-corrected chi connectivity index (χ2v) is 5.68. The lowest BCUT2D eigenvalue weighted by molar-refractivity contribution is 0.0498. The van der Waals surface area contributed by atoms with E-state index in [-0.39, 0.29) is 11.9 Å². The minimum Gasteiger partial charge on any atom is -0.334 e. The molecule has 1 amide bonds. The molecular weight excluding hydrogens is 288 g/mol. The Morgan fingerprint density at radius 2 is 1.61 bits per heavy atom. The van der Waals surface area contributed by atoms with Crippen LogP contribution in [-0.2, 0) is 0 Å². The van der Waals surface area contributed by atoms with Gasteiger partial charge in [-0.05, 0) is 12.1 Å². The fourth-order valence-electron chi connectivity index (χ4n) is 2.75. The van der Waals surface area contributed by atoms with E-state index in [4.69, 9.17) is 0 Å². The van der Waals surface area contributed by atoms with Gasteiger partial charge in [0.15, 0.2) is 0 Å². The molecular formula is C18H16N4O. The number of hydrogen-bond acceptors (Lipinski definition) is 3. The maximum atomic E-state index is 12.3. The second kappa shape index (κ2) is 5.68. The SMILES string of the molecule is O=C(c1ccccc1)N1CC(n2cc(-c3ccccc3)nn2)C1. The van der Waals surface area contributed by atoms with Crippen molar-refractivity contribution in [1.29, 1.82) is 0 Å². The maximum Gasteiger partial charge on any atom is 0.253 e. The molecule has 2 heterocycles. The third-order valence-electron chi connectivity index (χ3n) is 4.12. The summed E-state index contributed by atoms with van der Waals surface area (Å²) in [4.78, 5) is 14.1. The lowest BCUT2D eigenvalue weighted by Crippen LogP contribution is -2.50. The first kappa shape index (κ1) is 13.7. The third-order valence-corrected chi connectivity index (χ3v) is 4.12. The van der Waals surface area contributed by atoms with Crippen molar-refractivity contribution in [3.05, 3.63) is 72.4 Å². The van der Waals surface area contributed by atoms with Crippen molar-refractivity contribution in [2.24, 2.45) is 0 Å². The van der Waals surface area contributed by atoms with Crippen LogP contribution < -0.4 is 0 Å². The molecule has 1 fully saturated rings. The van der Waals surface area contributed by atoms with Crippen LogP contribution in [0.1, 0.15) is 16.4 Å². The first-order valence-corrected chi connectivity index (χ1v) is 7.63. The molecule has 4 rings (SSSR count). The van der Waals surface area contributed by atoms with Gasteiger partial charge in [-0.2, -0.15) is 0 Å². The van der Waals surface area contributed by atoms with Crippen molar-refractivity contribution in [1.82, 2.24) is 19.9 Å². The highest BCUT2D eigenvalue weighted by atomic mass is 16.2. The maximum absolute atomic E-state index is 12.3. The number of likely N-dealkylation sites (tertiary alicyclic amines) is 1. The van der Waals surface area contributed by atoms with Gasteiger partial charge in [-0.25, -0.2) is 4.68 Å². The molecule has 0 N–H and O–H groups in total. The van der Waals surface area contributed by atoms with E-state index in [1.165, 1.54) is 0 Å². The van der Waals surface area contributed by atoms with E-state index in [9.17, 15) is 4.79 Å². The molecule has 0 radical (unpaired) electrons. The monoisotopic (exact) mass is 304 g/mol. The van der Waals surface area contributed by atoms with Crippen LogP contribution in [0.5, 0.6) is 0 Å². The number of carbonyl (C=O) groups is 1. The lowest BCUT2D eigenvalue weighted by atomic mass is 10.1. The summed E-state index contributed by atoms with van der Waals surface area (Å²) in [5, 5.41) is 8.44. The van der Waals surface area contributed by atoms with Gasteiger partial charge in [-0.15, -0.1) is 5.10 Å². The topological polar surface area (TPSA) is 51.0 Å². The molecule has 5 nitrogen and oxygen atoms in total. The number of hydrogen-bond donors (Lipinski definition) is 0. The number of carbonyl (C=O) groups excluding carboxylic acids is 1. The molecule has 5 heteroatoms. The zero-order valence-corrected chi connectivity index (χ0v) is 12.5. The summed E-state index contributed by atoms with van der Waals surface area (Å²) in [7, 11) is 0. The van der Waals surface area contributed by atoms with Crippen LogP contribution in [0.25, 0.3) is 11.3 Å². The van der Waals surface area contributed by atoms with Crippen LogP contribution in [0.2, 0.25) is 0 Å². The first-order chi connectivity index (χ1) is 11.3. The molecule has 1 aromatic heterocycles. The summed E-state index contributed by atoms with van der Waals surface area (Å²) in [5.74, 6) is 0.0743. The van der Waals surface area contributed by atoms with Crippen LogP contribution in [-0.4, -0.2) is 38.9 Å². The molecule has 114 valence electrons. The van der Waals surface area contributed by atoms with E-state index in [1.54, 1.807) is 0 Å². The quantitative estimate of drug-likeness (QED) is 0.747. The Kier molecular flexibility index (Phi) is 3.38. The lowest BCUT2D eigenvalue weighted by Gasteiger charge is -2.38. The molecule has 1 aliphatic heterocycles. The van der Waals surface area contributed by atoms with Gasteiger partial charge in [-0.3, -0.25) is 4.79 Å². The summed E-state index contributed by atoms with van der Waals surface area (Å²) in [6.07, 6.45) is 1.95. The Morgan fingerprint density at radius 1 is 0.957 bits per heavy atom. The van der Waals surface area contributed by atoms with Crippen molar-refractivity contribution >= 4 is 5.91 Å². The zero-order chi connectivity index (χ0) is 15.6. The molecule has 2 aromatic carbocycles. The zero-order valence-electron chi connectivity index (χ0n) is 12.5. The number of aromatic nitrogens is 3. The van der Waals surface area contributed by atoms with Crippen LogP contribution in [0.4, 0.5) is 0 Å². The van der Waals surface area contributed by atoms with Crippen LogP contribution in [0.3, 0.4) is 0 Å². The highest BCUT2D eigenvalue weighted by Gasteiger charge is 2.33. The van der Waals surface area contributed by atoms with E-state index in [0.29, 0.717) is 13.1 Å². The number of nitrogens with zero attached hydrogens (tertiary/aromatic N) is 4. The van der Waals surface area contributed by atoms with Gasteiger partial charge in [0.05, 0.1) is 12.2 Å². The summed E-state index contributed by atoms with van der Waals surface area (Å²) >= 11 is 0. The normalized spacial score (nSPS) is 14.5. The Balaban J connectivity index is 1.43. The molecule has 1 aliphatic rings. The van der Waals surface area contributed by atoms with Crippen LogP contribution >= 0.6 is 0 Å². The smallest absolute Gasteiger partial charge is 0.253 e. The Hall–Kier alpha value is -2.95. The predicted molar refractivity (Wildman–Crippen MR) is 86.8 cm³/mol. The van der Waals surface area contributed by atoms with Gasteiger partial charge in [0.1, 0.15) is 5.69 Å². The molecule has 1 saturated heterocycles. The van der Waals surface area contributed by atoms with Crippen molar-refractivity contribution in [3.8, 4) is 11.3 Å². The van der Waals surface area contributed by atoms with E-state index >= 15 is 0 Å². The van der Waals surface area contributed by atoms with Crippen molar-refractivity contribution in [2.75, 3.05) is 13.1 Å². The highest BCUT2D eigenvalue weighted by Crippen LogP contribution is 2.24. The first-order valence-electron chi connectivity index (χ1n) is 7.63. The number of benzene rings is 2.